The molecule has 0 aliphatic carbocycles. The zero-order valence-electron chi connectivity index (χ0n) is 11.4. The molecule has 2 rings (SSSR count). The fourth-order valence-electron chi connectivity index (χ4n) is 1.82. The number of nitrogens with zero attached hydrogens (tertiary/aromatic N) is 1. The number of aryl methyl sites for hydroxylation is 1. The zero-order chi connectivity index (χ0) is 14.0. The smallest absolute Gasteiger partial charge is 0.128 e. The number of halogens is 1. The van der Waals surface area contributed by atoms with E-state index in [-0.39, 0.29) is 5.82 Å². The molecule has 2 aromatic rings. The van der Waals surface area contributed by atoms with Crippen molar-refractivity contribution in [2.45, 2.75) is 6.92 Å². The molecule has 0 heterocycles. The molecule has 0 bridgehead atoms. The number of hydrogen-bond donors (Lipinski definition) is 2. The summed E-state index contributed by atoms with van der Waals surface area (Å²) >= 11 is 0. The van der Waals surface area contributed by atoms with Crippen molar-refractivity contribution in [3.05, 3.63) is 47.8 Å². The first-order valence-corrected chi connectivity index (χ1v) is 6.07. The first-order valence-electron chi connectivity index (χ1n) is 6.07. The molecule has 0 aliphatic rings. The summed E-state index contributed by atoms with van der Waals surface area (Å²) in [4.78, 5) is 2.02. The molecule has 0 aromatic heterocycles. The van der Waals surface area contributed by atoms with Crippen LogP contribution in [0.25, 0.3) is 0 Å². The number of nitrogens with one attached hydrogen (secondary N) is 1. The molecule has 2 aromatic carbocycles. The van der Waals surface area contributed by atoms with Crippen LogP contribution in [0, 0.1) is 12.7 Å². The molecule has 100 valence electrons. The van der Waals surface area contributed by atoms with Crippen LogP contribution in [0.3, 0.4) is 0 Å². The van der Waals surface area contributed by atoms with Gasteiger partial charge in [-0.1, -0.05) is 6.07 Å². The summed E-state index contributed by atoms with van der Waals surface area (Å²) in [7, 11) is 3.96. The fourth-order valence-corrected chi connectivity index (χ4v) is 1.82. The average Bonchev–Trinajstić information content (AvgIpc) is 2.36. The largest absolute Gasteiger partial charge is 0.397 e. The number of anilines is 4. The first kappa shape index (κ1) is 13.2. The molecule has 19 heavy (non-hydrogen) atoms. The van der Waals surface area contributed by atoms with Crippen molar-refractivity contribution in [3.8, 4) is 0 Å². The molecule has 0 aliphatic heterocycles. The maximum Gasteiger partial charge on any atom is 0.128 e. The van der Waals surface area contributed by atoms with Crippen LogP contribution < -0.4 is 16.0 Å². The van der Waals surface area contributed by atoms with E-state index in [0.717, 1.165) is 17.1 Å². The lowest BCUT2D eigenvalue weighted by Gasteiger charge is -2.15. The Morgan fingerprint density at radius 1 is 1.16 bits per heavy atom. The third-order valence-corrected chi connectivity index (χ3v) is 2.97. The van der Waals surface area contributed by atoms with Crippen molar-refractivity contribution in [3.63, 3.8) is 0 Å². The second-order valence-electron chi connectivity index (χ2n) is 4.76. The second-order valence-corrected chi connectivity index (χ2v) is 4.76. The minimum Gasteiger partial charge on any atom is -0.397 e. The number of rotatable bonds is 3. The number of nitrogen functional groups attached to an aromatic ring is 1. The van der Waals surface area contributed by atoms with Gasteiger partial charge in [-0.25, -0.2) is 4.39 Å². The van der Waals surface area contributed by atoms with Gasteiger partial charge in [-0.15, -0.1) is 0 Å². The van der Waals surface area contributed by atoms with E-state index in [1.807, 2.05) is 43.3 Å². The molecule has 3 nitrogen and oxygen atoms in total. The van der Waals surface area contributed by atoms with Gasteiger partial charge >= 0.3 is 0 Å². The van der Waals surface area contributed by atoms with Gasteiger partial charge in [0, 0.05) is 25.5 Å². The molecule has 0 unspecified atom stereocenters. The summed E-state index contributed by atoms with van der Waals surface area (Å²) in [6, 6.07) is 11.0. The molecule has 3 N–H and O–H groups in total. The van der Waals surface area contributed by atoms with Gasteiger partial charge in [0.25, 0.3) is 0 Å². The Bertz CT molecular complexity index is 594. The molecular weight excluding hydrogens is 241 g/mol. The van der Waals surface area contributed by atoms with Gasteiger partial charge < -0.3 is 16.0 Å². The van der Waals surface area contributed by atoms with Gasteiger partial charge in [-0.3, -0.25) is 0 Å². The van der Waals surface area contributed by atoms with E-state index in [4.69, 9.17) is 5.73 Å². The molecule has 0 amide bonds. The second kappa shape index (κ2) is 5.18. The molecule has 0 spiro atoms. The van der Waals surface area contributed by atoms with Gasteiger partial charge in [0.15, 0.2) is 0 Å². The van der Waals surface area contributed by atoms with Crippen molar-refractivity contribution < 1.29 is 4.39 Å². The third-order valence-electron chi connectivity index (χ3n) is 2.97. The lowest BCUT2D eigenvalue weighted by molar-refractivity contribution is 0.619. The molecule has 0 fully saturated rings. The van der Waals surface area contributed by atoms with Crippen molar-refractivity contribution in [2.24, 2.45) is 0 Å². The number of benzene rings is 2. The minimum atomic E-state index is -0.287. The Labute approximate surface area is 112 Å². The van der Waals surface area contributed by atoms with E-state index < -0.39 is 0 Å². The predicted molar refractivity (Wildman–Crippen MR) is 79.6 cm³/mol. The zero-order valence-corrected chi connectivity index (χ0v) is 11.4. The van der Waals surface area contributed by atoms with Crippen LogP contribution >= 0.6 is 0 Å². The summed E-state index contributed by atoms with van der Waals surface area (Å²) in [5, 5.41) is 3.22. The maximum absolute atomic E-state index is 13.4. The topological polar surface area (TPSA) is 41.3 Å². The van der Waals surface area contributed by atoms with E-state index in [9.17, 15) is 4.39 Å². The first-order chi connectivity index (χ1) is 8.97. The van der Waals surface area contributed by atoms with Crippen LogP contribution in [0.15, 0.2) is 36.4 Å². The molecule has 0 saturated heterocycles. The molecule has 0 radical (unpaired) electrons. The third kappa shape index (κ3) is 2.96. The summed E-state index contributed by atoms with van der Waals surface area (Å²) in [5.74, 6) is -0.287. The van der Waals surface area contributed by atoms with Gasteiger partial charge in [0.05, 0.1) is 11.4 Å². The predicted octanol–water partition coefficient (Wildman–Crippen LogP) is 3.53. The van der Waals surface area contributed by atoms with Crippen molar-refractivity contribution >= 4 is 22.7 Å². The van der Waals surface area contributed by atoms with E-state index in [2.05, 4.69) is 5.32 Å². The number of nitrogens with two attached hydrogens (primary N) is 1. The van der Waals surface area contributed by atoms with Crippen molar-refractivity contribution in [1.29, 1.82) is 0 Å². The van der Waals surface area contributed by atoms with Crippen LogP contribution in [-0.4, -0.2) is 14.1 Å². The monoisotopic (exact) mass is 259 g/mol. The van der Waals surface area contributed by atoms with Gasteiger partial charge in [-0.2, -0.15) is 0 Å². The normalized spacial score (nSPS) is 10.3. The highest BCUT2D eigenvalue weighted by Crippen LogP contribution is 2.27. The van der Waals surface area contributed by atoms with E-state index in [1.54, 1.807) is 13.0 Å². The highest BCUT2D eigenvalue weighted by Gasteiger charge is 2.05. The Balaban J connectivity index is 2.31. The summed E-state index contributed by atoms with van der Waals surface area (Å²) in [6.07, 6.45) is 0. The Hall–Kier alpha value is -2.23. The standard InChI is InChI=1S/C15H18FN3/c1-10-7-15(14(17)9-13(10)16)18-11-5-4-6-12(8-11)19(2)3/h4-9,18H,17H2,1-3H3. The quantitative estimate of drug-likeness (QED) is 0.829. The number of hydrogen-bond acceptors (Lipinski definition) is 3. The van der Waals surface area contributed by atoms with E-state index in [0.29, 0.717) is 11.3 Å². The molecule has 0 saturated carbocycles. The van der Waals surface area contributed by atoms with Crippen LogP contribution in [0.4, 0.5) is 27.1 Å². The maximum atomic E-state index is 13.4. The molecule has 0 atom stereocenters. The Morgan fingerprint density at radius 2 is 1.89 bits per heavy atom. The summed E-state index contributed by atoms with van der Waals surface area (Å²) in [6.45, 7) is 1.72. The lowest BCUT2D eigenvalue weighted by Crippen LogP contribution is -2.08. The molecule has 4 heteroatoms. The van der Waals surface area contributed by atoms with Crippen molar-refractivity contribution in [1.82, 2.24) is 0 Å². The van der Waals surface area contributed by atoms with E-state index in [1.165, 1.54) is 6.07 Å². The van der Waals surface area contributed by atoms with Gasteiger partial charge in [-0.05, 0) is 42.8 Å². The van der Waals surface area contributed by atoms with Crippen LogP contribution in [0.5, 0.6) is 0 Å². The minimum absolute atomic E-state index is 0.287. The summed E-state index contributed by atoms with van der Waals surface area (Å²) < 4.78 is 13.4. The summed E-state index contributed by atoms with van der Waals surface area (Å²) in [5.41, 5.74) is 9.52. The Kier molecular flexibility index (Phi) is 3.60. The highest BCUT2D eigenvalue weighted by molar-refractivity contribution is 5.74. The van der Waals surface area contributed by atoms with Gasteiger partial charge in [0.2, 0.25) is 0 Å². The van der Waals surface area contributed by atoms with E-state index >= 15 is 0 Å². The van der Waals surface area contributed by atoms with Crippen molar-refractivity contribution in [2.75, 3.05) is 30.0 Å². The molecular formula is C15H18FN3. The Morgan fingerprint density at radius 3 is 2.58 bits per heavy atom. The van der Waals surface area contributed by atoms with Crippen LogP contribution in [0.1, 0.15) is 5.56 Å². The highest BCUT2D eigenvalue weighted by atomic mass is 19.1. The van der Waals surface area contributed by atoms with Gasteiger partial charge in [0.1, 0.15) is 5.82 Å². The van der Waals surface area contributed by atoms with Crippen LogP contribution in [0.2, 0.25) is 0 Å². The lowest BCUT2D eigenvalue weighted by atomic mass is 10.1. The SMILES string of the molecule is Cc1cc(Nc2cccc(N(C)C)c2)c(N)cc1F. The average molecular weight is 259 g/mol. The van der Waals surface area contributed by atoms with Crippen LogP contribution in [-0.2, 0) is 0 Å². The fraction of sp³-hybridized carbons (Fsp3) is 0.200.